The molecule has 0 aliphatic carbocycles. The number of aliphatic hydroxyl groups is 2. The number of anilines is 1. The molecular formula is C15H22N6O5S. The predicted molar refractivity (Wildman–Crippen MR) is 97.8 cm³/mol. The number of carboxylic acid groups (broad SMARTS) is 1. The lowest BCUT2D eigenvalue weighted by atomic mass is 10.1. The molecule has 1 aliphatic rings. The summed E-state index contributed by atoms with van der Waals surface area (Å²) in [5, 5.41) is 29.4. The van der Waals surface area contributed by atoms with Crippen LogP contribution in [-0.4, -0.2) is 76.7 Å². The molecule has 2 aromatic rings. The lowest BCUT2D eigenvalue weighted by Crippen LogP contribution is -2.32. The summed E-state index contributed by atoms with van der Waals surface area (Å²) in [4.78, 5) is 22.8. The fraction of sp³-hybridized carbons (Fsp3) is 0.600. The number of aliphatic carboxylic acids is 1. The van der Waals surface area contributed by atoms with Crippen LogP contribution in [0, 0.1) is 0 Å². The Kier molecular flexibility index (Phi) is 6.11. The van der Waals surface area contributed by atoms with Crippen LogP contribution < -0.4 is 11.5 Å². The molecule has 7 N–H and O–H groups in total. The number of nitrogens with two attached hydrogens (primary N) is 2. The van der Waals surface area contributed by atoms with Crippen LogP contribution in [0.25, 0.3) is 11.2 Å². The van der Waals surface area contributed by atoms with Crippen LogP contribution in [0.3, 0.4) is 0 Å². The highest BCUT2D eigenvalue weighted by Gasteiger charge is 2.43. The minimum absolute atomic E-state index is 0.222. The van der Waals surface area contributed by atoms with E-state index in [1.807, 2.05) is 0 Å². The maximum atomic E-state index is 10.7. The largest absolute Gasteiger partial charge is 0.480 e. The standard InChI is InChI=1S/C15H22N6O5S/c16-7(15(24)25)1-3-27-4-2-8-10(22)11(23)14(26-8)21-6-20-9-12(17)18-5-19-13(9)21/h5-8,10-11,14,22-23H,1-4,16H2,(H,24,25)(H2,17,18,19)/t7-,8+,10+,11+,14+/m0/s1. The Morgan fingerprint density at radius 2 is 2.07 bits per heavy atom. The summed E-state index contributed by atoms with van der Waals surface area (Å²) in [7, 11) is 0. The van der Waals surface area contributed by atoms with Crippen molar-refractivity contribution in [3.63, 3.8) is 0 Å². The molecule has 0 saturated carbocycles. The summed E-state index contributed by atoms with van der Waals surface area (Å²) in [6.07, 6.45) is -0.0171. The molecule has 1 fully saturated rings. The molecule has 5 atom stereocenters. The molecule has 2 aromatic heterocycles. The zero-order chi connectivity index (χ0) is 19.6. The molecule has 148 valence electrons. The number of carbonyl (C=O) groups is 1. The van der Waals surface area contributed by atoms with E-state index >= 15 is 0 Å². The number of aliphatic hydroxyl groups excluding tert-OH is 2. The van der Waals surface area contributed by atoms with Gasteiger partial charge in [-0.05, 0) is 24.3 Å². The third-order valence-corrected chi connectivity index (χ3v) is 5.48. The van der Waals surface area contributed by atoms with Gasteiger partial charge >= 0.3 is 5.97 Å². The number of ether oxygens (including phenoxy) is 1. The van der Waals surface area contributed by atoms with E-state index in [0.717, 1.165) is 0 Å². The number of hydrogen-bond acceptors (Lipinski definition) is 10. The monoisotopic (exact) mass is 398 g/mol. The van der Waals surface area contributed by atoms with Crippen LogP contribution in [0.1, 0.15) is 19.1 Å². The van der Waals surface area contributed by atoms with Gasteiger partial charge in [-0.25, -0.2) is 15.0 Å². The summed E-state index contributed by atoms with van der Waals surface area (Å²) < 4.78 is 7.36. The Balaban J connectivity index is 1.57. The summed E-state index contributed by atoms with van der Waals surface area (Å²) in [5.74, 6) is 0.421. The van der Waals surface area contributed by atoms with Gasteiger partial charge in [-0.1, -0.05) is 0 Å². The highest BCUT2D eigenvalue weighted by Crippen LogP contribution is 2.33. The summed E-state index contributed by atoms with van der Waals surface area (Å²) >= 11 is 1.52. The maximum Gasteiger partial charge on any atom is 0.320 e. The average molecular weight is 398 g/mol. The van der Waals surface area contributed by atoms with Crippen molar-refractivity contribution in [3.8, 4) is 0 Å². The summed E-state index contributed by atoms with van der Waals surface area (Å²) in [5.41, 5.74) is 12.0. The Bertz CT molecular complexity index is 804. The van der Waals surface area contributed by atoms with Crippen LogP contribution in [-0.2, 0) is 9.53 Å². The number of hydrogen-bond donors (Lipinski definition) is 5. The number of carboxylic acids is 1. The van der Waals surface area contributed by atoms with Crippen molar-refractivity contribution in [2.24, 2.45) is 5.73 Å². The number of imidazole rings is 1. The lowest BCUT2D eigenvalue weighted by Gasteiger charge is -2.16. The van der Waals surface area contributed by atoms with Crippen molar-refractivity contribution in [2.45, 2.75) is 43.4 Å². The number of nitrogen functional groups attached to an aromatic ring is 1. The van der Waals surface area contributed by atoms with Crippen molar-refractivity contribution in [3.05, 3.63) is 12.7 Å². The first-order valence-corrected chi connectivity index (χ1v) is 9.56. The van der Waals surface area contributed by atoms with E-state index in [1.165, 1.54) is 29.0 Å². The van der Waals surface area contributed by atoms with Gasteiger partial charge in [0.2, 0.25) is 0 Å². The predicted octanol–water partition coefficient (Wildman–Crippen LogP) is -1.05. The van der Waals surface area contributed by atoms with E-state index in [0.29, 0.717) is 35.5 Å². The lowest BCUT2D eigenvalue weighted by molar-refractivity contribution is -0.138. The van der Waals surface area contributed by atoms with E-state index in [4.69, 9.17) is 21.3 Å². The SMILES string of the molecule is Nc1ncnc2c1ncn2[C@@H]1O[C@H](CCSCC[C@H](N)C(=O)O)[C@@H](O)[C@H]1O. The third-order valence-electron chi connectivity index (χ3n) is 4.44. The van der Waals surface area contributed by atoms with Gasteiger partial charge in [0.1, 0.15) is 30.1 Å². The smallest absolute Gasteiger partial charge is 0.320 e. The first-order chi connectivity index (χ1) is 12.9. The van der Waals surface area contributed by atoms with Gasteiger partial charge in [0.15, 0.2) is 17.7 Å². The molecule has 27 heavy (non-hydrogen) atoms. The molecule has 3 heterocycles. The number of aromatic nitrogens is 4. The van der Waals surface area contributed by atoms with Gasteiger partial charge in [-0.15, -0.1) is 0 Å². The Morgan fingerprint density at radius 3 is 2.81 bits per heavy atom. The van der Waals surface area contributed by atoms with Crippen LogP contribution in [0.4, 0.5) is 5.82 Å². The molecule has 0 aromatic carbocycles. The van der Waals surface area contributed by atoms with Crippen molar-refractivity contribution in [1.29, 1.82) is 0 Å². The summed E-state index contributed by atoms with van der Waals surface area (Å²) in [6.45, 7) is 0. The van der Waals surface area contributed by atoms with Gasteiger partial charge < -0.3 is 31.5 Å². The zero-order valence-electron chi connectivity index (χ0n) is 14.4. The molecule has 3 rings (SSSR count). The molecule has 0 amide bonds. The van der Waals surface area contributed by atoms with Crippen molar-refractivity contribution >= 4 is 34.7 Å². The van der Waals surface area contributed by atoms with Crippen LogP contribution in [0.2, 0.25) is 0 Å². The van der Waals surface area contributed by atoms with Crippen LogP contribution in [0.5, 0.6) is 0 Å². The topological polar surface area (TPSA) is 183 Å². The van der Waals surface area contributed by atoms with Gasteiger partial charge in [-0.2, -0.15) is 11.8 Å². The normalized spacial score (nSPS) is 26.5. The quantitative estimate of drug-likeness (QED) is 0.342. The fourth-order valence-electron chi connectivity index (χ4n) is 2.89. The Hall–Kier alpha value is -1.99. The third kappa shape index (κ3) is 4.14. The number of thioether (sulfide) groups is 1. The van der Waals surface area contributed by atoms with Gasteiger partial charge in [0.05, 0.1) is 12.4 Å². The molecule has 0 bridgehead atoms. The van der Waals surface area contributed by atoms with Crippen LogP contribution in [0.15, 0.2) is 12.7 Å². The van der Waals surface area contributed by atoms with Crippen molar-refractivity contribution in [2.75, 3.05) is 17.2 Å². The summed E-state index contributed by atoms with van der Waals surface area (Å²) in [6, 6.07) is -0.874. The Morgan fingerprint density at radius 1 is 1.30 bits per heavy atom. The highest BCUT2D eigenvalue weighted by molar-refractivity contribution is 7.99. The molecule has 0 unspecified atom stereocenters. The molecule has 0 spiro atoms. The van der Waals surface area contributed by atoms with Crippen LogP contribution >= 0.6 is 11.8 Å². The van der Waals surface area contributed by atoms with Gasteiger partial charge in [-0.3, -0.25) is 9.36 Å². The molecule has 0 radical (unpaired) electrons. The van der Waals surface area contributed by atoms with Crippen molar-refractivity contribution in [1.82, 2.24) is 19.5 Å². The van der Waals surface area contributed by atoms with E-state index in [2.05, 4.69) is 15.0 Å². The molecular weight excluding hydrogens is 376 g/mol. The van der Waals surface area contributed by atoms with Gasteiger partial charge in [0, 0.05) is 0 Å². The first-order valence-electron chi connectivity index (χ1n) is 8.41. The van der Waals surface area contributed by atoms with Crippen molar-refractivity contribution < 1.29 is 24.9 Å². The zero-order valence-corrected chi connectivity index (χ0v) is 15.2. The molecule has 11 nitrogen and oxygen atoms in total. The Labute approximate surface area is 158 Å². The minimum atomic E-state index is -1.14. The highest BCUT2D eigenvalue weighted by atomic mass is 32.2. The van der Waals surface area contributed by atoms with Gasteiger partial charge in [0.25, 0.3) is 0 Å². The van der Waals surface area contributed by atoms with E-state index in [9.17, 15) is 15.0 Å². The second-order valence-electron chi connectivity index (χ2n) is 6.26. The fourth-order valence-corrected chi connectivity index (χ4v) is 3.91. The second-order valence-corrected chi connectivity index (χ2v) is 7.49. The first kappa shape index (κ1) is 19.8. The molecule has 1 saturated heterocycles. The average Bonchev–Trinajstić information content (AvgIpc) is 3.18. The second kappa shape index (κ2) is 8.35. The minimum Gasteiger partial charge on any atom is -0.480 e. The maximum absolute atomic E-state index is 10.7. The number of fused-ring (bicyclic) bond motifs is 1. The molecule has 1 aliphatic heterocycles. The van der Waals surface area contributed by atoms with E-state index in [1.54, 1.807) is 0 Å². The number of nitrogens with zero attached hydrogens (tertiary/aromatic N) is 4. The van der Waals surface area contributed by atoms with E-state index in [-0.39, 0.29) is 5.82 Å². The molecule has 12 heteroatoms. The number of rotatable bonds is 8. The van der Waals surface area contributed by atoms with E-state index < -0.39 is 36.6 Å².